The largest absolute Gasteiger partial charge is 0.456 e. The topological polar surface area (TPSA) is 70.8 Å². The molecule has 2 fully saturated rings. The van der Waals surface area contributed by atoms with Gasteiger partial charge < -0.3 is 14.2 Å². The number of nitrogens with zero attached hydrogens (tertiary/aromatic N) is 2. The fraction of sp³-hybridized carbons (Fsp3) is 0.611. The van der Waals surface area contributed by atoms with Gasteiger partial charge >= 0.3 is 0 Å². The molecule has 0 unspecified atom stereocenters. The first-order valence-electron chi connectivity index (χ1n) is 8.72. The average molecular weight is 332 g/mol. The van der Waals surface area contributed by atoms with E-state index >= 15 is 0 Å². The fourth-order valence-electron chi connectivity index (χ4n) is 3.57. The van der Waals surface area contributed by atoms with E-state index in [1.807, 2.05) is 4.90 Å². The first kappa shape index (κ1) is 16.7. The number of aryl methyl sites for hydroxylation is 1. The maximum atomic E-state index is 12.5. The van der Waals surface area contributed by atoms with E-state index in [4.69, 9.17) is 4.42 Å². The zero-order valence-electron chi connectivity index (χ0n) is 14.1. The highest BCUT2D eigenvalue weighted by Crippen LogP contribution is 2.23. The Kier molecular flexibility index (Phi) is 5.02. The van der Waals surface area contributed by atoms with E-state index in [1.165, 1.54) is 12.1 Å². The molecule has 3 rings (SSSR count). The lowest BCUT2D eigenvalue weighted by Gasteiger charge is -2.32. The number of hydrogen-bond acceptors (Lipinski definition) is 4. The van der Waals surface area contributed by atoms with Crippen molar-refractivity contribution in [3.63, 3.8) is 0 Å². The van der Waals surface area contributed by atoms with E-state index in [2.05, 4.69) is 0 Å². The van der Waals surface area contributed by atoms with Gasteiger partial charge in [-0.15, -0.1) is 0 Å². The summed E-state index contributed by atoms with van der Waals surface area (Å²) in [4.78, 5) is 39.3. The predicted molar refractivity (Wildman–Crippen MR) is 88.8 cm³/mol. The predicted octanol–water partition coefficient (Wildman–Crippen LogP) is 1.81. The van der Waals surface area contributed by atoms with Gasteiger partial charge in [0.05, 0.1) is 0 Å². The minimum atomic E-state index is -0.205. The van der Waals surface area contributed by atoms with E-state index < -0.39 is 0 Å². The van der Waals surface area contributed by atoms with Crippen LogP contribution in [0.5, 0.6) is 0 Å². The molecule has 2 aliphatic rings. The summed E-state index contributed by atoms with van der Waals surface area (Å²) >= 11 is 0. The molecule has 0 radical (unpaired) electrons. The zero-order chi connectivity index (χ0) is 17.1. The van der Waals surface area contributed by atoms with Crippen LogP contribution in [0.2, 0.25) is 0 Å². The second-order valence-corrected chi connectivity index (χ2v) is 6.78. The number of carbonyl (C=O) groups excluding carboxylic acids is 2. The molecule has 0 spiro atoms. The normalized spacial score (nSPS) is 19.1. The highest BCUT2D eigenvalue weighted by atomic mass is 16.3. The summed E-state index contributed by atoms with van der Waals surface area (Å²) in [6.07, 6.45) is 4.54. The van der Waals surface area contributed by atoms with Crippen molar-refractivity contribution in [2.45, 2.75) is 39.0 Å². The summed E-state index contributed by atoms with van der Waals surface area (Å²) < 4.78 is 5.39. The minimum Gasteiger partial charge on any atom is -0.456 e. The van der Waals surface area contributed by atoms with Crippen molar-refractivity contribution in [3.05, 3.63) is 33.9 Å². The van der Waals surface area contributed by atoms with Gasteiger partial charge in [-0.2, -0.15) is 0 Å². The molecule has 6 nitrogen and oxygen atoms in total. The average Bonchev–Trinajstić information content (AvgIpc) is 2.97. The molecule has 0 aliphatic carbocycles. The maximum absolute atomic E-state index is 12.5. The van der Waals surface area contributed by atoms with Crippen molar-refractivity contribution in [1.29, 1.82) is 0 Å². The number of piperidine rings is 1. The monoisotopic (exact) mass is 332 g/mol. The van der Waals surface area contributed by atoms with E-state index in [1.54, 1.807) is 11.8 Å². The molecule has 2 aliphatic heterocycles. The number of amides is 2. The second kappa shape index (κ2) is 7.20. The third kappa shape index (κ3) is 3.86. The third-order valence-electron chi connectivity index (χ3n) is 4.98. The molecular weight excluding hydrogens is 308 g/mol. The molecule has 1 aromatic heterocycles. The second-order valence-electron chi connectivity index (χ2n) is 6.78. The zero-order valence-corrected chi connectivity index (χ0v) is 14.1. The number of carbonyl (C=O) groups is 2. The lowest BCUT2D eigenvalue weighted by molar-refractivity contribution is -0.127. The molecule has 3 heterocycles. The fourth-order valence-corrected chi connectivity index (χ4v) is 3.57. The molecule has 0 N–H and O–H groups in total. The molecule has 0 saturated carbocycles. The minimum absolute atomic E-state index is 0.126. The summed E-state index contributed by atoms with van der Waals surface area (Å²) in [5, 5.41) is 0. The van der Waals surface area contributed by atoms with Crippen LogP contribution in [0.15, 0.2) is 21.3 Å². The van der Waals surface area contributed by atoms with Crippen LogP contribution < -0.4 is 5.43 Å². The Labute approximate surface area is 141 Å². The lowest BCUT2D eigenvalue weighted by Crippen LogP contribution is -2.39. The van der Waals surface area contributed by atoms with Crippen LogP contribution in [0.25, 0.3) is 0 Å². The van der Waals surface area contributed by atoms with Gasteiger partial charge in [-0.25, -0.2) is 0 Å². The number of rotatable bonds is 4. The highest BCUT2D eigenvalue weighted by Gasteiger charge is 2.27. The molecule has 24 heavy (non-hydrogen) atoms. The van der Waals surface area contributed by atoms with Gasteiger partial charge in [-0.3, -0.25) is 14.4 Å². The van der Waals surface area contributed by atoms with E-state index in [0.717, 1.165) is 38.8 Å². The Bertz CT molecular complexity index is 674. The van der Waals surface area contributed by atoms with Gasteiger partial charge in [0.15, 0.2) is 11.2 Å². The van der Waals surface area contributed by atoms with Gasteiger partial charge in [0, 0.05) is 44.7 Å². The summed E-state index contributed by atoms with van der Waals surface area (Å²) in [6.45, 7) is 4.75. The number of hydrogen-bond donors (Lipinski definition) is 0. The molecule has 0 aromatic carbocycles. The van der Waals surface area contributed by atoms with E-state index in [9.17, 15) is 14.4 Å². The molecule has 0 bridgehead atoms. The summed E-state index contributed by atoms with van der Waals surface area (Å²) in [5.74, 6) is 1.20. The van der Waals surface area contributed by atoms with Crippen molar-refractivity contribution in [2.75, 3.05) is 26.2 Å². The van der Waals surface area contributed by atoms with Crippen LogP contribution in [0.4, 0.5) is 0 Å². The van der Waals surface area contributed by atoms with E-state index in [0.29, 0.717) is 31.2 Å². The summed E-state index contributed by atoms with van der Waals surface area (Å²) in [7, 11) is 0. The lowest BCUT2D eigenvalue weighted by atomic mass is 9.93. The molecule has 0 atom stereocenters. The maximum Gasteiger partial charge on any atom is 0.289 e. The van der Waals surface area contributed by atoms with Gasteiger partial charge in [0.2, 0.25) is 5.91 Å². The molecule has 2 saturated heterocycles. The quantitative estimate of drug-likeness (QED) is 0.843. The van der Waals surface area contributed by atoms with Gasteiger partial charge in [0.25, 0.3) is 5.91 Å². The van der Waals surface area contributed by atoms with Crippen LogP contribution in [0.3, 0.4) is 0 Å². The van der Waals surface area contributed by atoms with Crippen molar-refractivity contribution >= 4 is 11.8 Å². The van der Waals surface area contributed by atoms with Gasteiger partial charge in [0.1, 0.15) is 5.76 Å². The van der Waals surface area contributed by atoms with Crippen LogP contribution >= 0.6 is 0 Å². The molecular formula is C18H24N2O4. The molecule has 6 heteroatoms. The standard InChI is InChI=1S/C18H24N2O4/c1-13-11-15(21)12-16(24-13)18(23)20-9-5-14(6-10-20)4-8-19-7-2-3-17(19)22/h11-12,14H,2-10H2,1H3. The van der Waals surface area contributed by atoms with Crippen molar-refractivity contribution < 1.29 is 14.0 Å². The molecule has 130 valence electrons. The SMILES string of the molecule is Cc1cc(=O)cc(C(=O)N2CCC(CCN3CCCC3=O)CC2)o1. The van der Waals surface area contributed by atoms with Crippen LogP contribution in [0, 0.1) is 12.8 Å². The first-order chi connectivity index (χ1) is 11.5. The van der Waals surface area contributed by atoms with Gasteiger partial charge in [-0.1, -0.05) is 0 Å². The van der Waals surface area contributed by atoms with Crippen molar-refractivity contribution in [2.24, 2.45) is 5.92 Å². The van der Waals surface area contributed by atoms with Crippen molar-refractivity contribution in [1.82, 2.24) is 9.80 Å². The third-order valence-corrected chi connectivity index (χ3v) is 4.98. The summed E-state index contributed by atoms with van der Waals surface area (Å²) in [6, 6.07) is 2.64. The molecule has 2 amide bonds. The Morgan fingerprint density at radius 1 is 1.21 bits per heavy atom. The van der Waals surface area contributed by atoms with Crippen LogP contribution in [-0.4, -0.2) is 47.8 Å². The Hall–Kier alpha value is -2.11. The summed E-state index contributed by atoms with van der Waals surface area (Å²) in [5.41, 5.74) is -0.202. The Balaban J connectivity index is 1.50. The smallest absolute Gasteiger partial charge is 0.289 e. The van der Waals surface area contributed by atoms with Gasteiger partial charge in [-0.05, 0) is 38.5 Å². The van der Waals surface area contributed by atoms with Crippen molar-refractivity contribution in [3.8, 4) is 0 Å². The van der Waals surface area contributed by atoms with Crippen LogP contribution in [0.1, 0.15) is 48.4 Å². The number of likely N-dealkylation sites (tertiary alicyclic amines) is 2. The Morgan fingerprint density at radius 3 is 2.58 bits per heavy atom. The highest BCUT2D eigenvalue weighted by molar-refractivity contribution is 5.91. The molecule has 1 aromatic rings. The first-order valence-corrected chi connectivity index (χ1v) is 8.72. The Morgan fingerprint density at radius 2 is 1.96 bits per heavy atom. The van der Waals surface area contributed by atoms with E-state index in [-0.39, 0.29) is 23.0 Å². The van der Waals surface area contributed by atoms with Crippen LogP contribution in [-0.2, 0) is 4.79 Å².